The number of likely N-dealkylation sites (N-methyl/N-ethyl adjacent to an activating group) is 1. The van der Waals surface area contributed by atoms with E-state index in [0.29, 0.717) is 0 Å². The van der Waals surface area contributed by atoms with E-state index in [0.717, 1.165) is 35.3 Å². The zero-order chi connectivity index (χ0) is 17.1. The molecule has 1 N–H and O–H groups in total. The zero-order valence-electron chi connectivity index (χ0n) is 13.6. The van der Waals surface area contributed by atoms with Crippen LogP contribution in [-0.2, 0) is 22.4 Å². The van der Waals surface area contributed by atoms with Crippen molar-refractivity contribution in [1.29, 1.82) is 0 Å². The van der Waals surface area contributed by atoms with Crippen molar-refractivity contribution in [3.8, 4) is 0 Å². The second-order valence-electron chi connectivity index (χ2n) is 6.05. The molecule has 1 heterocycles. The minimum absolute atomic E-state index is 0.0506. The van der Waals surface area contributed by atoms with Crippen LogP contribution >= 0.6 is 0 Å². The summed E-state index contributed by atoms with van der Waals surface area (Å²) in [6, 6.07) is 15.8. The lowest BCUT2D eigenvalue weighted by Gasteiger charge is -2.26. The number of para-hydroxylation sites is 2. The summed E-state index contributed by atoms with van der Waals surface area (Å²) in [5.74, 6) is -1.07. The third kappa shape index (κ3) is 3.31. The maximum atomic E-state index is 13.0. The third-order valence-corrected chi connectivity index (χ3v) is 4.19. The minimum atomic E-state index is -0.943. The Balaban J connectivity index is 1.99. The van der Waals surface area contributed by atoms with Crippen molar-refractivity contribution in [2.24, 2.45) is 0 Å². The molecular weight excluding hydrogens is 304 g/mol. The van der Waals surface area contributed by atoms with Crippen molar-refractivity contribution in [2.45, 2.75) is 12.8 Å². The quantitative estimate of drug-likeness (QED) is 0.938. The molecule has 124 valence electrons. The molecule has 0 aromatic heterocycles. The molecule has 0 aliphatic carbocycles. The number of nitrogens with zero attached hydrogens (tertiary/aromatic N) is 2. The lowest BCUT2D eigenvalue weighted by Crippen LogP contribution is -2.38. The number of carbonyl (C=O) groups is 2. The van der Waals surface area contributed by atoms with E-state index < -0.39 is 5.97 Å². The summed E-state index contributed by atoms with van der Waals surface area (Å²) in [6.07, 6.45) is 1.75. The first-order valence-electron chi connectivity index (χ1n) is 7.95. The van der Waals surface area contributed by atoms with Gasteiger partial charge < -0.3 is 5.11 Å². The molecule has 0 fully saturated rings. The molecule has 3 rings (SSSR count). The van der Waals surface area contributed by atoms with Crippen LogP contribution in [0.2, 0.25) is 0 Å². The molecule has 0 saturated carbocycles. The summed E-state index contributed by atoms with van der Waals surface area (Å²) < 4.78 is 0. The predicted octanol–water partition coefficient (Wildman–Crippen LogP) is 2.47. The van der Waals surface area contributed by atoms with Crippen LogP contribution in [0.4, 0.5) is 11.4 Å². The number of aliphatic carboxylic acids is 1. The maximum Gasteiger partial charge on any atom is 0.317 e. The van der Waals surface area contributed by atoms with Crippen molar-refractivity contribution in [2.75, 3.05) is 25.0 Å². The molecule has 24 heavy (non-hydrogen) atoms. The molecule has 0 saturated heterocycles. The van der Waals surface area contributed by atoms with Gasteiger partial charge in [-0.1, -0.05) is 36.4 Å². The van der Waals surface area contributed by atoms with Gasteiger partial charge in [0.25, 0.3) is 0 Å². The Hall–Kier alpha value is -2.66. The molecule has 0 radical (unpaired) electrons. The van der Waals surface area contributed by atoms with Gasteiger partial charge in [-0.15, -0.1) is 0 Å². The molecule has 0 unspecified atom stereocenters. The Morgan fingerprint density at radius 3 is 1.96 bits per heavy atom. The van der Waals surface area contributed by atoms with E-state index in [-0.39, 0.29) is 19.0 Å². The fraction of sp³-hybridized carbons (Fsp3) is 0.263. The highest BCUT2D eigenvalue weighted by molar-refractivity contribution is 6.03. The second-order valence-corrected chi connectivity index (χ2v) is 6.05. The summed E-state index contributed by atoms with van der Waals surface area (Å²) in [5.41, 5.74) is 4.03. The Labute approximate surface area is 141 Å². The van der Waals surface area contributed by atoms with Gasteiger partial charge in [-0.05, 0) is 43.1 Å². The van der Waals surface area contributed by atoms with E-state index in [1.165, 1.54) is 4.90 Å². The fourth-order valence-corrected chi connectivity index (χ4v) is 3.14. The van der Waals surface area contributed by atoms with Crippen LogP contribution in [0.5, 0.6) is 0 Å². The predicted molar refractivity (Wildman–Crippen MR) is 92.6 cm³/mol. The largest absolute Gasteiger partial charge is 0.480 e. The van der Waals surface area contributed by atoms with E-state index in [1.54, 1.807) is 11.9 Å². The van der Waals surface area contributed by atoms with Crippen LogP contribution in [0, 0.1) is 0 Å². The molecule has 0 atom stereocenters. The first kappa shape index (κ1) is 16.2. The van der Waals surface area contributed by atoms with Crippen molar-refractivity contribution in [3.63, 3.8) is 0 Å². The smallest absolute Gasteiger partial charge is 0.317 e. The van der Waals surface area contributed by atoms with Crippen LogP contribution in [0.1, 0.15) is 11.1 Å². The van der Waals surface area contributed by atoms with Gasteiger partial charge >= 0.3 is 5.97 Å². The first-order valence-corrected chi connectivity index (χ1v) is 7.95. The Morgan fingerprint density at radius 1 is 0.958 bits per heavy atom. The van der Waals surface area contributed by atoms with Crippen LogP contribution in [-0.4, -0.2) is 42.0 Å². The highest BCUT2D eigenvalue weighted by atomic mass is 16.4. The van der Waals surface area contributed by atoms with Crippen LogP contribution in [0.25, 0.3) is 0 Å². The minimum Gasteiger partial charge on any atom is -0.480 e. The van der Waals surface area contributed by atoms with E-state index in [2.05, 4.69) is 0 Å². The number of carboxylic acid groups (broad SMARTS) is 1. The number of rotatable bonds is 4. The second kappa shape index (κ2) is 6.84. The molecule has 2 aromatic rings. The lowest BCUT2D eigenvalue weighted by molar-refractivity contribution is -0.138. The topological polar surface area (TPSA) is 60.9 Å². The van der Waals surface area contributed by atoms with Gasteiger partial charge in [0.2, 0.25) is 5.91 Å². The van der Waals surface area contributed by atoms with Crippen molar-refractivity contribution in [1.82, 2.24) is 4.90 Å². The van der Waals surface area contributed by atoms with Crippen LogP contribution < -0.4 is 4.90 Å². The van der Waals surface area contributed by atoms with Gasteiger partial charge in [0, 0.05) is 0 Å². The molecule has 1 amide bonds. The van der Waals surface area contributed by atoms with Gasteiger partial charge in [0.1, 0.15) is 0 Å². The third-order valence-electron chi connectivity index (χ3n) is 4.19. The summed E-state index contributed by atoms with van der Waals surface area (Å²) in [7, 11) is 1.64. The maximum absolute atomic E-state index is 13.0. The molecule has 1 aliphatic rings. The monoisotopic (exact) mass is 324 g/mol. The normalized spacial score (nSPS) is 13.2. The average Bonchev–Trinajstić information content (AvgIpc) is 2.70. The zero-order valence-corrected chi connectivity index (χ0v) is 13.6. The molecule has 2 aromatic carbocycles. The number of anilines is 2. The van der Waals surface area contributed by atoms with Gasteiger partial charge in [0.05, 0.1) is 24.5 Å². The van der Waals surface area contributed by atoms with Crippen molar-refractivity contribution in [3.05, 3.63) is 59.7 Å². The number of carbonyl (C=O) groups excluding carboxylic acids is 1. The molecule has 0 spiro atoms. The van der Waals surface area contributed by atoms with Gasteiger partial charge in [-0.3, -0.25) is 19.4 Å². The molecule has 5 nitrogen and oxygen atoms in total. The number of carboxylic acids is 1. The first-order chi connectivity index (χ1) is 11.6. The Morgan fingerprint density at radius 2 is 1.46 bits per heavy atom. The highest BCUT2D eigenvalue weighted by Gasteiger charge is 2.26. The van der Waals surface area contributed by atoms with Crippen molar-refractivity contribution < 1.29 is 14.7 Å². The SMILES string of the molecule is CN(CC(=O)O)CC(=O)N1c2ccccc2CCc2ccccc21. The molecule has 5 heteroatoms. The summed E-state index contributed by atoms with van der Waals surface area (Å²) in [4.78, 5) is 27.1. The van der Waals surface area contributed by atoms with Gasteiger partial charge in [0.15, 0.2) is 0 Å². The molecule has 1 aliphatic heterocycles. The Bertz CT molecular complexity index is 725. The number of hydrogen-bond donors (Lipinski definition) is 1. The lowest BCUT2D eigenvalue weighted by atomic mass is 10.0. The number of fused-ring (bicyclic) bond motifs is 2. The highest BCUT2D eigenvalue weighted by Crippen LogP contribution is 2.35. The summed E-state index contributed by atoms with van der Waals surface area (Å²) >= 11 is 0. The summed E-state index contributed by atoms with van der Waals surface area (Å²) in [6.45, 7) is -0.113. The van der Waals surface area contributed by atoms with Gasteiger partial charge in [-0.2, -0.15) is 0 Å². The molecular formula is C19H20N2O3. The van der Waals surface area contributed by atoms with E-state index in [9.17, 15) is 9.59 Å². The van der Waals surface area contributed by atoms with Crippen LogP contribution in [0.3, 0.4) is 0 Å². The number of benzene rings is 2. The van der Waals surface area contributed by atoms with E-state index >= 15 is 0 Å². The Kier molecular flexibility index (Phi) is 4.62. The average molecular weight is 324 g/mol. The van der Waals surface area contributed by atoms with E-state index in [1.807, 2.05) is 48.5 Å². The standard InChI is InChI=1S/C19H20N2O3/c1-20(13-19(23)24)12-18(22)21-16-8-4-2-6-14(16)10-11-15-7-3-5-9-17(15)21/h2-9H,10-13H2,1H3,(H,23,24). The molecule has 0 bridgehead atoms. The number of hydrogen-bond acceptors (Lipinski definition) is 3. The number of amides is 1. The van der Waals surface area contributed by atoms with E-state index in [4.69, 9.17) is 5.11 Å². The fourth-order valence-electron chi connectivity index (χ4n) is 3.14. The van der Waals surface area contributed by atoms with Crippen molar-refractivity contribution >= 4 is 23.3 Å². The van der Waals surface area contributed by atoms with Crippen LogP contribution in [0.15, 0.2) is 48.5 Å². The van der Waals surface area contributed by atoms with Gasteiger partial charge in [-0.25, -0.2) is 0 Å². The summed E-state index contributed by atoms with van der Waals surface area (Å²) in [5, 5.41) is 8.90. The number of aryl methyl sites for hydroxylation is 2.